The number of benzene rings is 2. The van der Waals surface area contributed by atoms with Crippen LogP contribution in [-0.2, 0) is 12.2 Å². The summed E-state index contributed by atoms with van der Waals surface area (Å²) in [5.74, 6) is 3.20. The summed E-state index contributed by atoms with van der Waals surface area (Å²) in [7, 11) is 0. The molecule has 2 heterocycles. The molecule has 2 aromatic heterocycles. The molecule has 0 amide bonds. The topological polar surface area (TPSA) is 69.6 Å². The number of aromatic nitrogens is 5. The minimum absolute atomic E-state index is 0.492. The van der Waals surface area contributed by atoms with E-state index in [1.807, 2.05) is 30.3 Å². The average Bonchev–Trinajstić information content (AvgIpc) is 3.34. The summed E-state index contributed by atoms with van der Waals surface area (Å²) in [6.07, 6.45) is 0.811. The Hall–Kier alpha value is -2.93. The fraction of sp³-hybridized carbons (Fsp3) is 0.273. The van der Waals surface area contributed by atoms with Crippen LogP contribution in [0.25, 0.3) is 17.1 Å². The SMILES string of the molecule is Cc1ccc(-n2c(SCc3nc(CC(C)C)no3)nnc2-c2ccccc2)cc1. The van der Waals surface area contributed by atoms with Gasteiger partial charge in [-0.3, -0.25) is 4.57 Å². The van der Waals surface area contributed by atoms with Gasteiger partial charge in [-0.2, -0.15) is 4.98 Å². The smallest absolute Gasteiger partial charge is 0.237 e. The zero-order valence-corrected chi connectivity index (χ0v) is 17.6. The molecule has 0 N–H and O–H groups in total. The van der Waals surface area contributed by atoms with Crippen LogP contribution in [0.4, 0.5) is 0 Å². The van der Waals surface area contributed by atoms with Gasteiger partial charge >= 0.3 is 0 Å². The molecule has 0 atom stereocenters. The largest absolute Gasteiger partial charge is 0.338 e. The zero-order valence-electron chi connectivity index (χ0n) is 16.7. The second-order valence-corrected chi connectivity index (χ2v) is 8.28. The lowest BCUT2D eigenvalue weighted by molar-refractivity contribution is 0.382. The fourth-order valence-electron chi connectivity index (χ4n) is 2.99. The highest BCUT2D eigenvalue weighted by Crippen LogP contribution is 2.29. The van der Waals surface area contributed by atoms with Crippen LogP contribution in [0, 0.1) is 12.8 Å². The Balaban J connectivity index is 1.63. The van der Waals surface area contributed by atoms with Crippen LogP contribution in [0.5, 0.6) is 0 Å². The van der Waals surface area contributed by atoms with Gasteiger partial charge in [-0.25, -0.2) is 0 Å². The summed E-state index contributed by atoms with van der Waals surface area (Å²) in [6.45, 7) is 6.36. The van der Waals surface area contributed by atoms with E-state index in [1.165, 1.54) is 17.3 Å². The molecule has 0 saturated heterocycles. The summed E-state index contributed by atoms with van der Waals surface area (Å²) < 4.78 is 7.47. The zero-order chi connectivity index (χ0) is 20.2. The first-order chi connectivity index (χ1) is 14.1. The summed E-state index contributed by atoms with van der Waals surface area (Å²) in [5, 5.41) is 13.8. The van der Waals surface area contributed by atoms with Crippen molar-refractivity contribution in [3.63, 3.8) is 0 Å². The molecule has 0 aliphatic carbocycles. The Labute approximate surface area is 174 Å². The number of aryl methyl sites for hydroxylation is 1. The third-order valence-electron chi connectivity index (χ3n) is 4.38. The molecule has 4 aromatic rings. The van der Waals surface area contributed by atoms with Gasteiger partial charge < -0.3 is 4.52 Å². The lowest BCUT2D eigenvalue weighted by Crippen LogP contribution is -2.00. The first-order valence-corrected chi connectivity index (χ1v) is 10.6. The lowest BCUT2D eigenvalue weighted by atomic mass is 10.1. The molecule has 0 aliphatic heterocycles. The maximum atomic E-state index is 5.40. The highest BCUT2D eigenvalue weighted by atomic mass is 32.2. The van der Waals surface area contributed by atoms with Crippen molar-refractivity contribution in [1.82, 2.24) is 24.9 Å². The van der Waals surface area contributed by atoms with Crippen LogP contribution in [0.3, 0.4) is 0 Å². The number of rotatable bonds is 7. The average molecular weight is 406 g/mol. The normalized spacial score (nSPS) is 11.3. The van der Waals surface area contributed by atoms with Crippen molar-refractivity contribution in [2.24, 2.45) is 5.92 Å². The molecule has 6 nitrogen and oxygen atoms in total. The second kappa shape index (κ2) is 8.61. The Morgan fingerprint density at radius 1 is 1.00 bits per heavy atom. The maximum absolute atomic E-state index is 5.40. The van der Waals surface area contributed by atoms with Gasteiger partial charge in [-0.05, 0) is 25.0 Å². The fourth-order valence-corrected chi connectivity index (χ4v) is 3.78. The highest BCUT2D eigenvalue weighted by molar-refractivity contribution is 7.98. The van der Waals surface area contributed by atoms with Gasteiger partial charge in [0, 0.05) is 17.7 Å². The van der Waals surface area contributed by atoms with Crippen molar-refractivity contribution in [1.29, 1.82) is 0 Å². The molecule has 7 heteroatoms. The van der Waals surface area contributed by atoms with Gasteiger partial charge in [0.1, 0.15) is 0 Å². The third kappa shape index (κ3) is 4.56. The third-order valence-corrected chi connectivity index (χ3v) is 5.30. The van der Waals surface area contributed by atoms with Gasteiger partial charge in [0.25, 0.3) is 0 Å². The molecule has 2 aromatic carbocycles. The van der Waals surface area contributed by atoms with E-state index in [9.17, 15) is 0 Å². The monoisotopic (exact) mass is 405 g/mol. The Kier molecular flexibility index (Phi) is 5.76. The molecule has 29 heavy (non-hydrogen) atoms. The first kappa shape index (κ1) is 19.4. The molecular weight excluding hydrogens is 382 g/mol. The molecule has 0 aliphatic rings. The van der Waals surface area contributed by atoms with Crippen molar-refractivity contribution in [3.05, 3.63) is 71.9 Å². The van der Waals surface area contributed by atoms with Crippen LogP contribution >= 0.6 is 11.8 Å². The van der Waals surface area contributed by atoms with Crippen LogP contribution < -0.4 is 0 Å². The van der Waals surface area contributed by atoms with Gasteiger partial charge in [0.15, 0.2) is 16.8 Å². The van der Waals surface area contributed by atoms with E-state index in [0.29, 0.717) is 17.6 Å². The molecule has 4 rings (SSSR count). The molecule has 0 radical (unpaired) electrons. The second-order valence-electron chi connectivity index (χ2n) is 7.33. The van der Waals surface area contributed by atoms with E-state index >= 15 is 0 Å². The number of thioether (sulfide) groups is 1. The van der Waals surface area contributed by atoms with Crippen LogP contribution in [0.1, 0.15) is 31.1 Å². The number of hydrogen-bond donors (Lipinski definition) is 0. The van der Waals surface area contributed by atoms with Crippen LogP contribution in [0.15, 0.2) is 64.3 Å². The number of nitrogens with zero attached hydrogens (tertiary/aromatic N) is 5. The van der Waals surface area contributed by atoms with E-state index in [2.05, 4.69) is 69.9 Å². The van der Waals surface area contributed by atoms with Crippen molar-refractivity contribution >= 4 is 11.8 Å². The van der Waals surface area contributed by atoms with Gasteiger partial charge in [-0.1, -0.05) is 78.8 Å². The Morgan fingerprint density at radius 3 is 2.48 bits per heavy atom. The molecule has 148 valence electrons. The van der Waals surface area contributed by atoms with E-state index in [0.717, 1.165) is 34.5 Å². The van der Waals surface area contributed by atoms with Crippen molar-refractivity contribution in [2.75, 3.05) is 0 Å². The quantitative estimate of drug-likeness (QED) is 0.398. The first-order valence-electron chi connectivity index (χ1n) is 9.62. The predicted octanol–water partition coefficient (Wildman–Crippen LogP) is 5.12. The molecule has 0 unspecified atom stereocenters. The van der Waals surface area contributed by atoms with E-state index < -0.39 is 0 Å². The summed E-state index contributed by atoms with van der Waals surface area (Å²) in [4.78, 5) is 4.49. The molecule has 0 spiro atoms. The Morgan fingerprint density at radius 2 is 1.76 bits per heavy atom. The molecule has 0 bridgehead atoms. The van der Waals surface area contributed by atoms with Crippen molar-refractivity contribution < 1.29 is 4.52 Å². The van der Waals surface area contributed by atoms with E-state index in [1.54, 1.807) is 0 Å². The summed E-state index contributed by atoms with van der Waals surface area (Å²) >= 11 is 1.54. The summed E-state index contributed by atoms with van der Waals surface area (Å²) in [6, 6.07) is 18.4. The number of hydrogen-bond acceptors (Lipinski definition) is 6. The summed E-state index contributed by atoms with van der Waals surface area (Å²) in [5.41, 5.74) is 3.25. The van der Waals surface area contributed by atoms with Crippen LogP contribution in [0.2, 0.25) is 0 Å². The van der Waals surface area contributed by atoms with Gasteiger partial charge in [0.2, 0.25) is 5.89 Å². The van der Waals surface area contributed by atoms with Crippen molar-refractivity contribution in [2.45, 2.75) is 38.1 Å². The van der Waals surface area contributed by atoms with E-state index in [4.69, 9.17) is 4.52 Å². The maximum Gasteiger partial charge on any atom is 0.237 e. The Bertz CT molecular complexity index is 1070. The molecule has 0 saturated carbocycles. The standard InChI is InChI=1S/C22H23N5OS/c1-15(2)13-19-23-20(28-26-19)14-29-22-25-24-21(17-7-5-4-6-8-17)27(22)18-11-9-16(3)10-12-18/h4-12,15H,13-14H2,1-3H3. The molecule has 0 fully saturated rings. The van der Waals surface area contributed by atoms with Crippen LogP contribution in [-0.4, -0.2) is 24.9 Å². The van der Waals surface area contributed by atoms with E-state index in [-0.39, 0.29) is 0 Å². The molecular formula is C22H23N5OS. The minimum Gasteiger partial charge on any atom is -0.338 e. The van der Waals surface area contributed by atoms with Gasteiger partial charge in [-0.15, -0.1) is 10.2 Å². The van der Waals surface area contributed by atoms with Crippen molar-refractivity contribution in [3.8, 4) is 17.1 Å². The minimum atomic E-state index is 0.492. The van der Waals surface area contributed by atoms with Gasteiger partial charge in [0.05, 0.1) is 5.75 Å². The lowest BCUT2D eigenvalue weighted by Gasteiger charge is -2.10. The predicted molar refractivity (Wildman–Crippen MR) is 114 cm³/mol. The highest BCUT2D eigenvalue weighted by Gasteiger charge is 2.17.